The van der Waals surface area contributed by atoms with Crippen LogP contribution < -0.4 is 0 Å². The Morgan fingerprint density at radius 1 is 1.11 bits per heavy atom. The predicted octanol–water partition coefficient (Wildman–Crippen LogP) is 3.05. The minimum absolute atomic E-state index is 0.518. The van der Waals surface area contributed by atoms with Crippen molar-refractivity contribution >= 4 is 10.8 Å². The molecular weight excluding hydrogens is 242 g/mol. The van der Waals surface area contributed by atoms with Gasteiger partial charge in [0.25, 0.3) is 0 Å². The first-order valence-electron chi connectivity index (χ1n) is 7.74. The fourth-order valence-corrected chi connectivity index (χ4v) is 4.99. The Kier molecular flexibility index (Phi) is 5.68. The third-order valence-corrected chi connectivity index (χ3v) is 6.38. The van der Waals surface area contributed by atoms with Gasteiger partial charge in [0.1, 0.15) is 0 Å². The van der Waals surface area contributed by atoms with Gasteiger partial charge in [0.05, 0.1) is 0 Å². The molecular formula is C15H29NOS. The van der Waals surface area contributed by atoms with E-state index >= 15 is 0 Å². The van der Waals surface area contributed by atoms with Crippen LogP contribution in [0.3, 0.4) is 0 Å². The molecule has 0 aromatic rings. The quantitative estimate of drug-likeness (QED) is 0.783. The molecule has 1 saturated heterocycles. The zero-order chi connectivity index (χ0) is 13.0. The highest BCUT2D eigenvalue weighted by Gasteiger charge is 2.26. The molecule has 0 bridgehead atoms. The van der Waals surface area contributed by atoms with Crippen molar-refractivity contribution in [3.8, 4) is 0 Å². The van der Waals surface area contributed by atoms with Crippen LogP contribution in [0.5, 0.6) is 0 Å². The maximum atomic E-state index is 11.4. The van der Waals surface area contributed by atoms with E-state index in [1.807, 2.05) is 0 Å². The van der Waals surface area contributed by atoms with Gasteiger partial charge in [-0.2, -0.15) is 0 Å². The van der Waals surface area contributed by atoms with Crippen molar-refractivity contribution in [2.75, 3.05) is 25.1 Å². The van der Waals surface area contributed by atoms with E-state index in [4.69, 9.17) is 0 Å². The second-order valence-corrected chi connectivity index (χ2v) is 8.02. The molecule has 3 heteroatoms. The van der Waals surface area contributed by atoms with Crippen molar-refractivity contribution in [1.29, 1.82) is 0 Å². The molecule has 1 heterocycles. The average Bonchev–Trinajstić information content (AvgIpc) is 2.39. The molecule has 1 aliphatic carbocycles. The van der Waals surface area contributed by atoms with Gasteiger partial charge in [-0.3, -0.25) is 4.21 Å². The van der Waals surface area contributed by atoms with Crippen LogP contribution in [0.4, 0.5) is 0 Å². The van der Waals surface area contributed by atoms with Crippen molar-refractivity contribution < 1.29 is 4.21 Å². The second-order valence-electron chi connectivity index (χ2n) is 6.33. The summed E-state index contributed by atoms with van der Waals surface area (Å²) in [5, 5.41) is 0. The summed E-state index contributed by atoms with van der Waals surface area (Å²) in [6, 6.07) is 0.699. The monoisotopic (exact) mass is 271 g/mol. The SMILES string of the molecule is CC[C@@H]1CCC[C@@H](CN(C)C2CCS(=O)CC2)C1. The summed E-state index contributed by atoms with van der Waals surface area (Å²) in [7, 11) is 1.77. The third kappa shape index (κ3) is 4.06. The summed E-state index contributed by atoms with van der Waals surface area (Å²) in [5.41, 5.74) is 0. The van der Waals surface area contributed by atoms with Crippen LogP contribution in [0.1, 0.15) is 51.9 Å². The van der Waals surface area contributed by atoms with Gasteiger partial charge < -0.3 is 4.90 Å². The summed E-state index contributed by atoms with van der Waals surface area (Å²) < 4.78 is 11.4. The zero-order valence-electron chi connectivity index (χ0n) is 12.1. The van der Waals surface area contributed by atoms with E-state index in [1.54, 1.807) is 0 Å². The molecule has 0 aromatic carbocycles. The molecule has 18 heavy (non-hydrogen) atoms. The highest BCUT2D eigenvalue weighted by Crippen LogP contribution is 2.32. The van der Waals surface area contributed by atoms with Crippen molar-refractivity contribution in [3.05, 3.63) is 0 Å². The summed E-state index contributed by atoms with van der Waals surface area (Å²) >= 11 is 0. The fourth-order valence-electron chi connectivity index (χ4n) is 3.72. The smallest absolute Gasteiger partial charge is 0.0249 e. The molecule has 1 saturated carbocycles. The van der Waals surface area contributed by atoms with Crippen LogP contribution >= 0.6 is 0 Å². The Labute approximate surface area is 115 Å². The molecule has 0 amide bonds. The van der Waals surface area contributed by atoms with Crippen LogP contribution in [0.25, 0.3) is 0 Å². The highest BCUT2D eigenvalue weighted by molar-refractivity contribution is 7.85. The van der Waals surface area contributed by atoms with E-state index in [1.165, 1.54) is 38.6 Å². The van der Waals surface area contributed by atoms with E-state index in [0.717, 1.165) is 36.2 Å². The van der Waals surface area contributed by atoms with E-state index in [9.17, 15) is 4.21 Å². The standard InChI is InChI=1S/C15H29NOS/c1-3-13-5-4-6-14(11-13)12-16(2)15-7-9-18(17)10-8-15/h13-15H,3-12H2,1-2H3/t13-,14-,15?,18?/m1/s1. The first kappa shape index (κ1) is 14.5. The van der Waals surface area contributed by atoms with Gasteiger partial charge in [-0.1, -0.05) is 26.2 Å². The fraction of sp³-hybridized carbons (Fsp3) is 1.00. The lowest BCUT2D eigenvalue weighted by Gasteiger charge is -2.36. The molecule has 2 nitrogen and oxygen atoms in total. The number of hydrogen-bond donors (Lipinski definition) is 0. The van der Waals surface area contributed by atoms with E-state index in [2.05, 4.69) is 18.9 Å². The molecule has 2 fully saturated rings. The first-order chi connectivity index (χ1) is 8.69. The Balaban J connectivity index is 1.76. The van der Waals surface area contributed by atoms with Gasteiger partial charge in [0.2, 0.25) is 0 Å². The topological polar surface area (TPSA) is 20.3 Å². The molecule has 2 atom stereocenters. The van der Waals surface area contributed by atoms with Gasteiger partial charge >= 0.3 is 0 Å². The molecule has 0 aromatic heterocycles. The molecule has 0 radical (unpaired) electrons. The summed E-state index contributed by atoms with van der Waals surface area (Å²) in [6.45, 7) is 3.61. The van der Waals surface area contributed by atoms with Gasteiger partial charge in [-0.25, -0.2) is 0 Å². The largest absolute Gasteiger partial charge is 0.303 e. The van der Waals surface area contributed by atoms with Gasteiger partial charge in [0, 0.05) is 34.9 Å². The van der Waals surface area contributed by atoms with Crippen LogP contribution in [0.15, 0.2) is 0 Å². The van der Waals surface area contributed by atoms with Gasteiger partial charge in [-0.15, -0.1) is 0 Å². The number of hydrogen-bond acceptors (Lipinski definition) is 2. The van der Waals surface area contributed by atoms with Crippen molar-refractivity contribution in [2.45, 2.75) is 57.9 Å². The molecule has 2 aliphatic rings. The molecule has 106 valence electrons. The Morgan fingerprint density at radius 2 is 1.78 bits per heavy atom. The van der Waals surface area contributed by atoms with E-state index in [-0.39, 0.29) is 0 Å². The number of nitrogens with zero attached hydrogens (tertiary/aromatic N) is 1. The molecule has 0 N–H and O–H groups in total. The van der Waals surface area contributed by atoms with Gasteiger partial charge in [-0.05, 0) is 44.6 Å². The predicted molar refractivity (Wildman–Crippen MR) is 79.3 cm³/mol. The summed E-state index contributed by atoms with van der Waals surface area (Å²) in [4.78, 5) is 2.57. The average molecular weight is 271 g/mol. The zero-order valence-corrected chi connectivity index (χ0v) is 12.9. The summed E-state index contributed by atoms with van der Waals surface area (Å²) in [6.07, 6.45) is 9.42. The normalized spacial score (nSPS) is 37.9. The number of rotatable bonds is 4. The second kappa shape index (κ2) is 7.04. The highest BCUT2D eigenvalue weighted by atomic mass is 32.2. The first-order valence-corrected chi connectivity index (χ1v) is 9.23. The minimum Gasteiger partial charge on any atom is -0.303 e. The van der Waals surface area contributed by atoms with Crippen LogP contribution in [-0.2, 0) is 10.8 Å². The summed E-state index contributed by atoms with van der Waals surface area (Å²) in [5.74, 6) is 3.76. The van der Waals surface area contributed by atoms with Crippen LogP contribution in [0, 0.1) is 11.8 Å². The van der Waals surface area contributed by atoms with Crippen molar-refractivity contribution in [3.63, 3.8) is 0 Å². The van der Waals surface area contributed by atoms with E-state index in [0.29, 0.717) is 6.04 Å². The van der Waals surface area contributed by atoms with Crippen molar-refractivity contribution in [2.24, 2.45) is 11.8 Å². The Bertz CT molecular complexity index is 272. The molecule has 0 spiro atoms. The molecule has 2 rings (SSSR count). The molecule has 0 unspecified atom stereocenters. The maximum absolute atomic E-state index is 11.4. The molecule has 1 aliphatic heterocycles. The third-order valence-electron chi connectivity index (χ3n) is 5.00. The van der Waals surface area contributed by atoms with Crippen LogP contribution in [-0.4, -0.2) is 40.2 Å². The lowest BCUT2D eigenvalue weighted by atomic mass is 9.80. The lowest BCUT2D eigenvalue weighted by Crippen LogP contribution is -2.40. The van der Waals surface area contributed by atoms with Crippen LogP contribution in [0.2, 0.25) is 0 Å². The minimum atomic E-state index is -0.518. The van der Waals surface area contributed by atoms with Crippen molar-refractivity contribution in [1.82, 2.24) is 4.90 Å². The lowest BCUT2D eigenvalue weighted by molar-refractivity contribution is 0.152. The van der Waals surface area contributed by atoms with Gasteiger partial charge in [0.15, 0.2) is 0 Å². The maximum Gasteiger partial charge on any atom is 0.0249 e. The van der Waals surface area contributed by atoms with E-state index < -0.39 is 10.8 Å². The Morgan fingerprint density at radius 3 is 2.44 bits per heavy atom. The Hall–Kier alpha value is 0.110.